The molecule has 0 saturated heterocycles. The van der Waals surface area contributed by atoms with Crippen molar-refractivity contribution in [2.24, 2.45) is 0 Å². The van der Waals surface area contributed by atoms with Crippen molar-refractivity contribution in [1.29, 1.82) is 0 Å². The number of hydrogen-bond acceptors (Lipinski definition) is 5. The van der Waals surface area contributed by atoms with Crippen molar-refractivity contribution in [1.82, 2.24) is 4.90 Å². The maximum absolute atomic E-state index is 12.5. The number of rotatable bonds is 5. The first kappa shape index (κ1) is 19.0. The van der Waals surface area contributed by atoms with Gasteiger partial charge in [-0.15, -0.1) is 0 Å². The first-order valence-electron chi connectivity index (χ1n) is 7.01. The zero-order valence-electron chi connectivity index (χ0n) is 13.6. The van der Waals surface area contributed by atoms with Crippen molar-refractivity contribution in [2.45, 2.75) is 32.8 Å². The molecular formula is C16H20ClNO5. The van der Waals surface area contributed by atoms with Crippen LogP contribution in [-0.2, 0) is 9.53 Å². The van der Waals surface area contributed by atoms with Gasteiger partial charge < -0.3 is 9.47 Å². The largest absolute Gasteiger partial charge is 0.497 e. The molecule has 0 aliphatic heterocycles. The van der Waals surface area contributed by atoms with Crippen LogP contribution in [-0.4, -0.2) is 41.4 Å². The predicted molar refractivity (Wildman–Crippen MR) is 85.7 cm³/mol. The Hall–Kier alpha value is -2.08. The molecule has 0 heterocycles. The SMILES string of the molecule is COc1ccc(C(=O)N(CCC(=O)Cl)C(=O)OC(C)(C)C)cc1. The standard InChI is InChI=1S/C16H20ClNO5/c1-16(2,3)23-15(21)18(10-9-13(17)19)14(20)11-5-7-12(22-4)8-6-11/h5-8H,9-10H2,1-4H3. The van der Waals surface area contributed by atoms with Crippen molar-refractivity contribution in [3.05, 3.63) is 29.8 Å². The molecule has 0 unspecified atom stereocenters. The quantitative estimate of drug-likeness (QED) is 0.769. The third kappa shape index (κ3) is 6.28. The van der Waals surface area contributed by atoms with Crippen molar-refractivity contribution < 1.29 is 23.9 Å². The number of amides is 2. The lowest BCUT2D eigenvalue weighted by atomic mass is 10.2. The summed E-state index contributed by atoms with van der Waals surface area (Å²) in [7, 11) is 1.51. The van der Waals surface area contributed by atoms with Crippen LogP contribution < -0.4 is 4.74 Å². The molecule has 126 valence electrons. The fourth-order valence-electron chi connectivity index (χ4n) is 1.68. The molecule has 0 bridgehead atoms. The Labute approximate surface area is 140 Å². The number of carbonyl (C=O) groups is 3. The molecule has 2 amide bonds. The lowest BCUT2D eigenvalue weighted by Gasteiger charge is -2.26. The van der Waals surface area contributed by atoms with E-state index in [9.17, 15) is 14.4 Å². The second-order valence-electron chi connectivity index (χ2n) is 5.77. The molecule has 0 saturated carbocycles. The Kier molecular flexibility index (Phi) is 6.57. The summed E-state index contributed by atoms with van der Waals surface area (Å²) in [4.78, 5) is 36.6. The molecule has 0 radical (unpaired) electrons. The van der Waals surface area contributed by atoms with Gasteiger partial charge in [0.15, 0.2) is 0 Å². The van der Waals surface area contributed by atoms with Crippen LogP contribution in [0.1, 0.15) is 37.6 Å². The number of carbonyl (C=O) groups excluding carboxylic acids is 3. The summed E-state index contributed by atoms with van der Waals surface area (Å²) < 4.78 is 10.2. The van der Waals surface area contributed by atoms with Crippen LogP contribution in [0.2, 0.25) is 0 Å². The van der Waals surface area contributed by atoms with Crippen LogP contribution in [0.4, 0.5) is 4.79 Å². The van der Waals surface area contributed by atoms with Crippen LogP contribution in [0.3, 0.4) is 0 Å². The van der Waals surface area contributed by atoms with Gasteiger partial charge in [-0.05, 0) is 56.6 Å². The maximum atomic E-state index is 12.5. The number of benzene rings is 1. The van der Waals surface area contributed by atoms with Gasteiger partial charge in [0.05, 0.1) is 7.11 Å². The smallest absolute Gasteiger partial charge is 0.417 e. The summed E-state index contributed by atoms with van der Waals surface area (Å²) in [6.45, 7) is 4.91. The highest BCUT2D eigenvalue weighted by Crippen LogP contribution is 2.16. The zero-order chi connectivity index (χ0) is 17.6. The monoisotopic (exact) mass is 341 g/mol. The minimum atomic E-state index is -0.823. The fourth-order valence-corrected chi connectivity index (χ4v) is 1.77. The van der Waals surface area contributed by atoms with Crippen molar-refractivity contribution in [3.8, 4) is 5.75 Å². The number of methoxy groups -OCH3 is 1. The van der Waals surface area contributed by atoms with E-state index in [4.69, 9.17) is 21.1 Å². The molecule has 23 heavy (non-hydrogen) atoms. The molecule has 0 fully saturated rings. The summed E-state index contributed by atoms with van der Waals surface area (Å²) in [6.07, 6.45) is -0.973. The summed E-state index contributed by atoms with van der Waals surface area (Å²) in [5.74, 6) is 0.0149. The van der Waals surface area contributed by atoms with Gasteiger partial charge in [0, 0.05) is 18.5 Å². The van der Waals surface area contributed by atoms with E-state index in [1.807, 2.05) is 0 Å². The van der Waals surface area contributed by atoms with E-state index in [-0.39, 0.29) is 18.5 Å². The molecule has 0 N–H and O–H groups in total. The molecule has 6 nitrogen and oxygen atoms in total. The van der Waals surface area contributed by atoms with Crippen LogP contribution in [0.5, 0.6) is 5.75 Å². The van der Waals surface area contributed by atoms with Gasteiger partial charge in [-0.25, -0.2) is 9.69 Å². The minimum absolute atomic E-state index is 0.150. The number of halogens is 1. The maximum Gasteiger partial charge on any atom is 0.417 e. The Bertz CT molecular complexity index is 577. The predicted octanol–water partition coefficient (Wildman–Crippen LogP) is 3.23. The van der Waals surface area contributed by atoms with Crippen molar-refractivity contribution in [2.75, 3.05) is 13.7 Å². The molecule has 0 aromatic heterocycles. The lowest BCUT2D eigenvalue weighted by molar-refractivity contribution is -0.111. The van der Waals surface area contributed by atoms with Gasteiger partial charge in [-0.2, -0.15) is 0 Å². The molecule has 1 rings (SSSR count). The Morgan fingerprint density at radius 3 is 2.13 bits per heavy atom. The molecule has 0 spiro atoms. The highest BCUT2D eigenvalue weighted by molar-refractivity contribution is 6.63. The molecular weight excluding hydrogens is 322 g/mol. The zero-order valence-corrected chi connectivity index (χ0v) is 14.3. The van der Waals surface area contributed by atoms with E-state index < -0.39 is 22.8 Å². The van der Waals surface area contributed by atoms with Gasteiger partial charge in [0.25, 0.3) is 5.91 Å². The molecule has 0 aliphatic rings. The van der Waals surface area contributed by atoms with Gasteiger partial charge in [0.2, 0.25) is 5.24 Å². The normalized spacial score (nSPS) is 10.8. The van der Waals surface area contributed by atoms with E-state index in [0.29, 0.717) is 5.75 Å². The number of imide groups is 1. The van der Waals surface area contributed by atoms with E-state index in [2.05, 4.69) is 0 Å². The summed E-state index contributed by atoms with van der Waals surface area (Å²) in [5.41, 5.74) is -0.487. The van der Waals surface area contributed by atoms with Gasteiger partial charge in [0.1, 0.15) is 11.4 Å². The topological polar surface area (TPSA) is 72.9 Å². The third-order valence-corrected chi connectivity index (χ3v) is 2.92. The average Bonchev–Trinajstić information content (AvgIpc) is 2.45. The molecule has 0 aliphatic carbocycles. The van der Waals surface area contributed by atoms with Gasteiger partial charge >= 0.3 is 6.09 Å². The highest BCUT2D eigenvalue weighted by Gasteiger charge is 2.28. The van der Waals surface area contributed by atoms with Crippen molar-refractivity contribution in [3.63, 3.8) is 0 Å². The minimum Gasteiger partial charge on any atom is -0.497 e. The van der Waals surface area contributed by atoms with Crippen LogP contribution in [0.15, 0.2) is 24.3 Å². The first-order chi connectivity index (χ1) is 10.6. The first-order valence-corrected chi connectivity index (χ1v) is 7.39. The second-order valence-corrected chi connectivity index (χ2v) is 6.19. The average molecular weight is 342 g/mol. The lowest BCUT2D eigenvalue weighted by Crippen LogP contribution is -2.41. The van der Waals surface area contributed by atoms with E-state index in [1.54, 1.807) is 32.9 Å². The van der Waals surface area contributed by atoms with Crippen LogP contribution in [0.25, 0.3) is 0 Å². The number of nitrogens with zero attached hydrogens (tertiary/aromatic N) is 1. The van der Waals surface area contributed by atoms with Crippen molar-refractivity contribution >= 4 is 28.8 Å². The summed E-state index contributed by atoms with van der Waals surface area (Å²) in [6, 6.07) is 6.27. The second kappa shape index (κ2) is 7.97. The van der Waals surface area contributed by atoms with Gasteiger partial charge in [-0.3, -0.25) is 9.59 Å². The summed E-state index contributed by atoms with van der Waals surface area (Å²) in [5, 5.41) is -0.638. The number of ether oxygens (including phenoxy) is 2. The van der Waals surface area contributed by atoms with Crippen LogP contribution >= 0.6 is 11.6 Å². The fraction of sp³-hybridized carbons (Fsp3) is 0.438. The Balaban J connectivity index is 2.98. The molecule has 1 aromatic rings. The van der Waals surface area contributed by atoms with Gasteiger partial charge in [-0.1, -0.05) is 0 Å². The molecule has 0 atom stereocenters. The summed E-state index contributed by atoms with van der Waals surface area (Å²) >= 11 is 5.30. The third-order valence-electron chi connectivity index (χ3n) is 2.73. The van der Waals surface area contributed by atoms with E-state index in [1.165, 1.54) is 19.2 Å². The highest BCUT2D eigenvalue weighted by atomic mass is 35.5. The van der Waals surface area contributed by atoms with E-state index >= 15 is 0 Å². The Morgan fingerprint density at radius 2 is 1.70 bits per heavy atom. The molecule has 1 aromatic carbocycles. The molecule has 7 heteroatoms. The Morgan fingerprint density at radius 1 is 1.13 bits per heavy atom. The number of hydrogen-bond donors (Lipinski definition) is 0. The van der Waals surface area contributed by atoms with E-state index in [0.717, 1.165) is 4.90 Å². The van der Waals surface area contributed by atoms with Crippen LogP contribution in [0, 0.1) is 0 Å².